The number of hydrogen-bond acceptors (Lipinski definition) is 4. The molecule has 0 aromatic heterocycles. The van der Waals surface area contributed by atoms with Crippen LogP contribution in [0.1, 0.15) is 25.3 Å². The lowest BCUT2D eigenvalue weighted by molar-refractivity contribution is -0.384. The Hall–Kier alpha value is -2.64. The molecule has 0 bridgehead atoms. The smallest absolute Gasteiger partial charge is 0.326 e. The maximum atomic E-state index is 11.6. The van der Waals surface area contributed by atoms with Crippen molar-refractivity contribution in [2.75, 3.05) is 0 Å². The average Bonchev–Trinajstić information content (AvgIpc) is 2.45. The number of carbonyl (C=O) groups is 2. The number of carboxylic acid groups (broad SMARTS) is 1. The minimum absolute atomic E-state index is 0.0656. The van der Waals surface area contributed by atoms with Crippen LogP contribution in [0.4, 0.5) is 10.5 Å². The number of benzene rings is 1. The topological polar surface area (TPSA) is 122 Å². The normalized spacial score (nSPS) is 11.5. The van der Waals surface area contributed by atoms with Gasteiger partial charge in [-0.05, 0) is 12.0 Å². The van der Waals surface area contributed by atoms with Crippen LogP contribution in [-0.4, -0.2) is 28.1 Å². The second-order valence-corrected chi connectivity index (χ2v) is 4.43. The van der Waals surface area contributed by atoms with Crippen molar-refractivity contribution in [3.63, 3.8) is 0 Å². The molecule has 8 nitrogen and oxygen atoms in total. The molecule has 1 rings (SSSR count). The molecule has 2 amide bonds. The van der Waals surface area contributed by atoms with Crippen LogP contribution in [-0.2, 0) is 11.3 Å². The maximum Gasteiger partial charge on any atom is 0.326 e. The molecule has 114 valence electrons. The number of nitrogens with zero attached hydrogens (tertiary/aromatic N) is 1. The number of amides is 2. The highest BCUT2D eigenvalue weighted by molar-refractivity contribution is 5.82. The van der Waals surface area contributed by atoms with E-state index in [1.54, 1.807) is 6.07 Å². The first-order valence-corrected chi connectivity index (χ1v) is 6.44. The first-order chi connectivity index (χ1) is 9.93. The van der Waals surface area contributed by atoms with Gasteiger partial charge in [0.05, 0.1) is 4.92 Å². The summed E-state index contributed by atoms with van der Waals surface area (Å²) in [6.07, 6.45) is 0.960. The molecule has 0 heterocycles. The van der Waals surface area contributed by atoms with Crippen LogP contribution in [0.5, 0.6) is 0 Å². The first kappa shape index (κ1) is 16.4. The number of hydrogen-bond donors (Lipinski definition) is 3. The number of carbonyl (C=O) groups excluding carboxylic acids is 1. The van der Waals surface area contributed by atoms with Crippen molar-refractivity contribution in [1.82, 2.24) is 10.6 Å². The molecule has 0 aliphatic rings. The Morgan fingerprint density at radius 1 is 1.43 bits per heavy atom. The van der Waals surface area contributed by atoms with Gasteiger partial charge in [0.2, 0.25) is 0 Å². The molecule has 0 aliphatic heterocycles. The van der Waals surface area contributed by atoms with Gasteiger partial charge in [0.15, 0.2) is 0 Å². The molecule has 1 unspecified atom stereocenters. The molecule has 1 atom stereocenters. The zero-order valence-corrected chi connectivity index (χ0v) is 11.5. The number of urea groups is 1. The molecule has 0 aliphatic carbocycles. The molecule has 0 saturated carbocycles. The third kappa shape index (κ3) is 5.47. The number of nitro groups is 1. The summed E-state index contributed by atoms with van der Waals surface area (Å²) in [5.41, 5.74) is 0.492. The van der Waals surface area contributed by atoms with Gasteiger partial charge in [-0.1, -0.05) is 25.5 Å². The third-order valence-corrected chi connectivity index (χ3v) is 2.76. The second-order valence-electron chi connectivity index (χ2n) is 4.43. The van der Waals surface area contributed by atoms with Crippen LogP contribution < -0.4 is 10.6 Å². The summed E-state index contributed by atoms with van der Waals surface area (Å²) in [6.45, 7) is 1.89. The quantitative estimate of drug-likeness (QED) is 0.521. The van der Waals surface area contributed by atoms with Crippen molar-refractivity contribution in [2.45, 2.75) is 32.4 Å². The van der Waals surface area contributed by atoms with E-state index in [0.29, 0.717) is 18.4 Å². The predicted octanol–water partition coefficient (Wildman–Crippen LogP) is 1.65. The van der Waals surface area contributed by atoms with E-state index in [-0.39, 0.29) is 12.2 Å². The summed E-state index contributed by atoms with van der Waals surface area (Å²) in [4.78, 5) is 32.6. The van der Waals surface area contributed by atoms with E-state index in [4.69, 9.17) is 5.11 Å². The third-order valence-electron chi connectivity index (χ3n) is 2.76. The molecular formula is C13H17N3O5. The van der Waals surface area contributed by atoms with Gasteiger partial charge >= 0.3 is 12.0 Å². The molecule has 1 aromatic rings. The zero-order chi connectivity index (χ0) is 15.8. The van der Waals surface area contributed by atoms with Gasteiger partial charge in [-0.25, -0.2) is 9.59 Å². The summed E-state index contributed by atoms with van der Waals surface area (Å²) in [5.74, 6) is -1.10. The summed E-state index contributed by atoms with van der Waals surface area (Å²) < 4.78 is 0. The van der Waals surface area contributed by atoms with E-state index in [9.17, 15) is 19.7 Å². The van der Waals surface area contributed by atoms with Crippen LogP contribution in [0.2, 0.25) is 0 Å². The molecule has 8 heteroatoms. The Morgan fingerprint density at radius 3 is 2.71 bits per heavy atom. The number of nitro benzene ring substituents is 1. The Labute approximate surface area is 121 Å². The maximum absolute atomic E-state index is 11.6. The summed E-state index contributed by atoms with van der Waals surface area (Å²) in [7, 11) is 0. The molecule has 3 N–H and O–H groups in total. The molecule has 1 aromatic carbocycles. The fourth-order valence-corrected chi connectivity index (χ4v) is 1.72. The largest absolute Gasteiger partial charge is 0.480 e. The summed E-state index contributed by atoms with van der Waals surface area (Å²) in [5, 5.41) is 24.4. The highest BCUT2D eigenvalue weighted by Gasteiger charge is 2.18. The van der Waals surface area contributed by atoms with E-state index in [0.717, 1.165) is 0 Å². The van der Waals surface area contributed by atoms with Crippen LogP contribution in [0, 0.1) is 10.1 Å². The van der Waals surface area contributed by atoms with E-state index < -0.39 is 23.0 Å². The van der Waals surface area contributed by atoms with Gasteiger partial charge in [0.1, 0.15) is 6.04 Å². The lowest BCUT2D eigenvalue weighted by Gasteiger charge is -2.14. The van der Waals surface area contributed by atoms with Gasteiger partial charge in [-0.3, -0.25) is 10.1 Å². The van der Waals surface area contributed by atoms with Gasteiger partial charge in [0.25, 0.3) is 5.69 Å². The highest BCUT2D eigenvalue weighted by atomic mass is 16.6. The van der Waals surface area contributed by atoms with Crippen LogP contribution in [0.25, 0.3) is 0 Å². The number of aliphatic carboxylic acids is 1. The van der Waals surface area contributed by atoms with E-state index in [2.05, 4.69) is 10.6 Å². The minimum Gasteiger partial charge on any atom is -0.480 e. The Kier molecular flexibility index (Phi) is 6.12. The average molecular weight is 295 g/mol. The molecular weight excluding hydrogens is 278 g/mol. The highest BCUT2D eigenvalue weighted by Crippen LogP contribution is 2.12. The van der Waals surface area contributed by atoms with Gasteiger partial charge in [0, 0.05) is 18.7 Å². The zero-order valence-electron chi connectivity index (χ0n) is 11.5. The molecule has 21 heavy (non-hydrogen) atoms. The lowest BCUT2D eigenvalue weighted by Crippen LogP contribution is -2.45. The minimum atomic E-state index is -1.10. The van der Waals surface area contributed by atoms with E-state index in [1.165, 1.54) is 18.2 Å². The van der Waals surface area contributed by atoms with Gasteiger partial charge in [-0.2, -0.15) is 0 Å². The molecule has 0 radical (unpaired) electrons. The van der Waals surface area contributed by atoms with Crippen molar-refractivity contribution in [2.24, 2.45) is 0 Å². The first-order valence-electron chi connectivity index (χ1n) is 6.44. The monoisotopic (exact) mass is 295 g/mol. The Bertz CT molecular complexity index is 532. The van der Waals surface area contributed by atoms with Crippen LogP contribution in [0.3, 0.4) is 0 Å². The van der Waals surface area contributed by atoms with Crippen molar-refractivity contribution in [1.29, 1.82) is 0 Å². The molecule has 0 spiro atoms. The van der Waals surface area contributed by atoms with E-state index >= 15 is 0 Å². The summed E-state index contributed by atoms with van der Waals surface area (Å²) in [6, 6.07) is 4.28. The van der Waals surface area contributed by atoms with Crippen LogP contribution in [0.15, 0.2) is 24.3 Å². The number of non-ortho nitro benzene ring substituents is 1. The van der Waals surface area contributed by atoms with Crippen molar-refractivity contribution in [3.8, 4) is 0 Å². The lowest BCUT2D eigenvalue weighted by atomic mass is 10.2. The standard InChI is InChI=1S/C13H17N3O5/c1-2-4-11(12(17)18)15-13(19)14-8-9-5-3-6-10(7-9)16(20)21/h3,5-7,11H,2,4,8H2,1H3,(H,17,18)(H2,14,15,19). The Balaban J connectivity index is 2.54. The molecule has 0 fully saturated rings. The molecule has 0 saturated heterocycles. The van der Waals surface area contributed by atoms with Crippen molar-refractivity contribution in [3.05, 3.63) is 39.9 Å². The van der Waals surface area contributed by atoms with Gasteiger partial charge < -0.3 is 15.7 Å². The van der Waals surface area contributed by atoms with Gasteiger partial charge in [-0.15, -0.1) is 0 Å². The number of carboxylic acids is 1. The van der Waals surface area contributed by atoms with E-state index in [1.807, 2.05) is 6.92 Å². The summed E-state index contributed by atoms with van der Waals surface area (Å²) >= 11 is 0. The fourth-order valence-electron chi connectivity index (χ4n) is 1.72. The number of nitrogens with one attached hydrogen (secondary N) is 2. The number of rotatable bonds is 7. The predicted molar refractivity (Wildman–Crippen MR) is 74.8 cm³/mol. The van der Waals surface area contributed by atoms with Crippen LogP contribution >= 0.6 is 0 Å². The van der Waals surface area contributed by atoms with Crippen molar-refractivity contribution >= 4 is 17.7 Å². The fraction of sp³-hybridized carbons (Fsp3) is 0.385. The van der Waals surface area contributed by atoms with Crippen molar-refractivity contribution < 1.29 is 19.6 Å². The second kappa shape index (κ2) is 7.83. The Morgan fingerprint density at radius 2 is 2.14 bits per heavy atom. The SMILES string of the molecule is CCCC(NC(=O)NCc1cccc([N+](=O)[O-])c1)C(=O)O.